The van der Waals surface area contributed by atoms with Crippen molar-refractivity contribution in [1.29, 1.82) is 0 Å². The molecule has 2 N–H and O–H groups in total. The normalized spacial score (nSPS) is 11.4. The van der Waals surface area contributed by atoms with Gasteiger partial charge in [-0.1, -0.05) is 60.1 Å². The summed E-state index contributed by atoms with van der Waals surface area (Å²) in [7, 11) is -4.64. The molecule has 0 atom stereocenters. The average molecular weight is 610 g/mol. The molecular formula is C27H22Cl2N3NaO6S. The van der Waals surface area contributed by atoms with Gasteiger partial charge < -0.3 is 15.2 Å². The van der Waals surface area contributed by atoms with Gasteiger partial charge in [0.25, 0.3) is 16.0 Å². The Labute approximate surface area is 263 Å². The van der Waals surface area contributed by atoms with Crippen LogP contribution in [0.5, 0.6) is 11.5 Å². The molecule has 0 heterocycles. The third-order valence-corrected chi connectivity index (χ3v) is 7.34. The SMILES string of the molecule is CCOc1cc(Cl)cc(NC(=O)c2cc3ccccc3c(N=Nc3cc(CC)c(Cl)c(S(=O)(=O)O)c3)c2[O-])c1.[Na+]. The second kappa shape index (κ2) is 13.3. The van der Waals surface area contributed by atoms with Gasteiger partial charge in [0.2, 0.25) is 0 Å². The third-order valence-electron chi connectivity index (χ3n) is 5.68. The van der Waals surface area contributed by atoms with E-state index < -0.39 is 26.7 Å². The number of hydrogen-bond donors (Lipinski definition) is 2. The minimum atomic E-state index is -4.64. The van der Waals surface area contributed by atoms with Crippen molar-refractivity contribution in [3.05, 3.63) is 81.8 Å². The summed E-state index contributed by atoms with van der Waals surface area (Å²) in [6, 6.07) is 15.5. The van der Waals surface area contributed by atoms with Crippen LogP contribution in [-0.2, 0) is 16.5 Å². The Morgan fingerprint density at radius 2 is 1.77 bits per heavy atom. The molecule has 4 aromatic carbocycles. The molecule has 1 amide bonds. The maximum atomic E-state index is 13.5. The predicted octanol–water partition coefficient (Wildman–Crippen LogP) is 4.10. The zero-order valence-corrected chi connectivity index (χ0v) is 26.1. The number of ether oxygens (including phenoxy) is 1. The number of carbonyl (C=O) groups is 1. The monoisotopic (exact) mass is 609 g/mol. The Bertz CT molecular complexity index is 1730. The molecule has 0 saturated heterocycles. The van der Waals surface area contributed by atoms with E-state index in [2.05, 4.69) is 15.5 Å². The van der Waals surface area contributed by atoms with Crippen LogP contribution in [0.4, 0.5) is 17.1 Å². The molecule has 13 heteroatoms. The maximum Gasteiger partial charge on any atom is 1.00 e. The second-order valence-corrected chi connectivity index (χ2v) is 10.5. The Balaban J connectivity index is 0.00000441. The first kappa shape index (κ1) is 31.8. The van der Waals surface area contributed by atoms with Crippen molar-refractivity contribution in [2.45, 2.75) is 25.2 Å². The predicted molar refractivity (Wildman–Crippen MR) is 149 cm³/mol. The molecule has 0 unspecified atom stereocenters. The second-order valence-electron chi connectivity index (χ2n) is 8.33. The summed E-state index contributed by atoms with van der Waals surface area (Å²) in [6.45, 7) is 3.96. The van der Waals surface area contributed by atoms with E-state index in [0.717, 1.165) is 6.07 Å². The van der Waals surface area contributed by atoms with Crippen molar-refractivity contribution in [1.82, 2.24) is 0 Å². The molecule has 0 fully saturated rings. The Morgan fingerprint density at radius 3 is 2.45 bits per heavy atom. The number of fused-ring (bicyclic) bond motifs is 1. The van der Waals surface area contributed by atoms with Crippen molar-refractivity contribution >= 4 is 67.1 Å². The van der Waals surface area contributed by atoms with Gasteiger partial charge in [-0.15, -0.1) is 0 Å². The van der Waals surface area contributed by atoms with Gasteiger partial charge in [-0.05, 0) is 54.6 Å². The van der Waals surface area contributed by atoms with E-state index in [1.807, 2.05) is 6.92 Å². The minimum absolute atomic E-state index is 0. The minimum Gasteiger partial charge on any atom is -0.870 e. The summed E-state index contributed by atoms with van der Waals surface area (Å²) in [5.41, 5.74) is 0.474. The molecule has 0 aliphatic rings. The summed E-state index contributed by atoms with van der Waals surface area (Å²) in [6.07, 6.45) is 0.352. The van der Waals surface area contributed by atoms with Crippen LogP contribution in [0.1, 0.15) is 29.8 Å². The molecule has 0 radical (unpaired) electrons. The number of anilines is 1. The zero-order valence-electron chi connectivity index (χ0n) is 21.7. The van der Waals surface area contributed by atoms with Crippen LogP contribution in [0.15, 0.2) is 75.8 Å². The van der Waals surface area contributed by atoms with Crippen molar-refractivity contribution in [2.75, 3.05) is 11.9 Å². The first-order valence-electron chi connectivity index (χ1n) is 11.7. The summed E-state index contributed by atoms with van der Waals surface area (Å²) in [5.74, 6) is -0.934. The fraction of sp³-hybridized carbons (Fsp3) is 0.148. The molecule has 0 aromatic heterocycles. The topological polar surface area (TPSA) is 140 Å². The molecule has 0 aliphatic heterocycles. The number of hydrogen-bond acceptors (Lipinski definition) is 7. The molecule has 0 spiro atoms. The number of nitrogens with one attached hydrogen (secondary N) is 1. The maximum absolute atomic E-state index is 13.5. The van der Waals surface area contributed by atoms with Gasteiger partial charge in [0.15, 0.2) is 0 Å². The Morgan fingerprint density at radius 1 is 1.05 bits per heavy atom. The summed E-state index contributed by atoms with van der Waals surface area (Å²) in [5, 5.41) is 25.5. The van der Waals surface area contributed by atoms with Crippen molar-refractivity contribution < 1.29 is 57.2 Å². The van der Waals surface area contributed by atoms with Gasteiger partial charge in [-0.25, -0.2) is 0 Å². The molecule has 4 rings (SSSR count). The Hall–Kier alpha value is -2.70. The van der Waals surface area contributed by atoms with Gasteiger partial charge in [0.05, 0.1) is 23.0 Å². The van der Waals surface area contributed by atoms with Crippen LogP contribution in [-0.4, -0.2) is 25.5 Å². The standard InChI is InChI=1S/C27H23Cl2N3O6S.Na/c1-3-15-9-19(14-23(24(15)29)39(35,36)37)31-32-25-21-8-6-5-7-16(21)10-22(26(25)33)27(34)30-18-11-17(28)12-20(13-18)38-4-2;/h5-14,33H,3-4H2,1-2H3,(H,30,34)(H,35,36,37);/q;+1/p-1. The largest absolute Gasteiger partial charge is 1.00 e. The van der Waals surface area contributed by atoms with E-state index in [1.165, 1.54) is 18.2 Å². The molecule has 202 valence electrons. The fourth-order valence-corrected chi connectivity index (χ4v) is 5.30. The van der Waals surface area contributed by atoms with Crippen molar-refractivity contribution in [2.24, 2.45) is 10.2 Å². The zero-order chi connectivity index (χ0) is 28.3. The number of carbonyl (C=O) groups excluding carboxylic acids is 1. The van der Waals surface area contributed by atoms with Crippen LogP contribution >= 0.6 is 23.2 Å². The quantitative estimate of drug-likeness (QED) is 0.175. The van der Waals surface area contributed by atoms with Crippen LogP contribution in [0.2, 0.25) is 10.0 Å². The van der Waals surface area contributed by atoms with Crippen LogP contribution in [0, 0.1) is 0 Å². The first-order chi connectivity index (χ1) is 18.5. The summed E-state index contributed by atoms with van der Waals surface area (Å²) < 4.78 is 38.7. The van der Waals surface area contributed by atoms with Gasteiger partial charge in [0.1, 0.15) is 10.6 Å². The van der Waals surface area contributed by atoms with Crippen LogP contribution < -0.4 is 44.7 Å². The fourth-order valence-electron chi connectivity index (χ4n) is 3.91. The molecule has 40 heavy (non-hydrogen) atoms. The van der Waals surface area contributed by atoms with E-state index >= 15 is 0 Å². The molecular weight excluding hydrogens is 588 g/mol. The molecule has 9 nitrogen and oxygen atoms in total. The molecule has 0 aliphatic carbocycles. The van der Waals surface area contributed by atoms with E-state index in [-0.39, 0.29) is 51.5 Å². The van der Waals surface area contributed by atoms with E-state index in [9.17, 15) is 22.9 Å². The number of rotatable bonds is 8. The smallest absolute Gasteiger partial charge is 0.870 e. The summed E-state index contributed by atoms with van der Waals surface area (Å²) >= 11 is 12.3. The first-order valence-corrected chi connectivity index (χ1v) is 13.9. The number of nitrogens with zero attached hydrogens (tertiary/aromatic N) is 2. The van der Waals surface area contributed by atoms with Gasteiger partial charge >= 0.3 is 29.6 Å². The molecule has 0 bridgehead atoms. The van der Waals surface area contributed by atoms with Gasteiger partial charge in [-0.3, -0.25) is 9.35 Å². The number of azo groups is 1. The average Bonchev–Trinajstić information content (AvgIpc) is 2.87. The molecule has 0 saturated carbocycles. The van der Waals surface area contributed by atoms with Crippen molar-refractivity contribution in [3.8, 4) is 11.5 Å². The van der Waals surface area contributed by atoms with E-state index in [0.29, 0.717) is 45.8 Å². The van der Waals surface area contributed by atoms with E-state index in [4.69, 9.17) is 27.9 Å². The van der Waals surface area contributed by atoms with Crippen LogP contribution in [0.3, 0.4) is 0 Å². The molecule has 4 aromatic rings. The Kier molecular flexibility index (Phi) is 10.6. The van der Waals surface area contributed by atoms with Crippen molar-refractivity contribution in [3.63, 3.8) is 0 Å². The number of benzene rings is 4. The van der Waals surface area contributed by atoms with Gasteiger partial charge in [0, 0.05) is 27.7 Å². The summed E-state index contributed by atoms with van der Waals surface area (Å²) in [4.78, 5) is 12.7. The van der Waals surface area contributed by atoms with E-state index in [1.54, 1.807) is 43.3 Å². The van der Waals surface area contributed by atoms with Crippen LogP contribution in [0.25, 0.3) is 10.8 Å². The van der Waals surface area contributed by atoms with Gasteiger partial charge in [-0.2, -0.15) is 18.6 Å². The number of amides is 1. The number of aryl methyl sites for hydroxylation is 1. The third kappa shape index (κ3) is 7.13. The number of halogens is 2.